The summed E-state index contributed by atoms with van der Waals surface area (Å²) in [6.45, 7) is 8.64. The summed E-state index contributed by atoms with van der Waals surface area (Å²) in [5, 5.41) is 0. The zero-order chi connectivity index (χ0) is 12.3. The lowest BCUT2D eigenvalue weighted by atomic mass is 9.90. The molecule has 2 heterocycles. The second-order valence-electron chi connectivity index (χ2n) is 5.64. The molecule has 2 fully saturated rings. The molecule has 0 spiro atoms. The van der Waals surface area contributed by atoms with Gasteiger partial charge in [-0.25, -0.2) is 0 Å². The van der Waals surface area contributed by atoms with Crippen LogP contribution in [0.1, 0.15) is 19.8 Å². The molecule has 2 rings (SSSR count). The monoisotopic (exact) mass is 241 g/mol. The number of morpholine rings is 1. The smallest absolute Gasteiger partial charge is 0.0829 e. The van der Waals surface area contributed by atoms with Gasteiger partial charge in [-0.1, -0.05) is 13.3 Å². The van der Waals surface area contributed by atoms with Crippen LogP contribution in [0, 0.1) is 5.92 Å². The van der Waals surface area contributed by atoms with Crippen molar-refractivity contribution in [3.63, 3.8) is 0 Å². The van der Waals surface area contributed by atoms with E-state index < -0.39 is 0 Å². The van der Waals surface area contributed by atoms with Crippen molar-refractivity contribution in [3.8, 4) is 0 Å². The maximum absolute atomic E-state index is 6.14. The topological polar surface area (TPSA) is 41.7 Å². The molecule has 0 aliphatic carbocycles. The van der Waals surface area contributed by atoms with E-state index in [-0.39, 0.29) is 0 Å². The van der Waals surface area contributed by atoms with Gasteiger partial charge >= 0.3 is 0 Å². The molecular weight excluding hydrogens is 214 g/mol. The predicted molar refractivity (Wildman–Crippen MR) is 70.1 cm³/mol. The molecule has 0 aromatic heterocycles. The molecule has 0 aromatic rings. The highest BCUT2D eigenvalue weighted by atomic mass is 16.5. The molecule has 100 valence electrons. The van der Waals surface area contributed by atoms with E-state index in [4.69, 9.17) is 10.5 Å². The zero-order valence-electron chi connectivity index (χ0n) is 11.3. The average Bonchev–Trinajstić information content (AvgIpc) is 2.32. The summed E-state index contributed by atoms with van der Waals surface area (Å²) in [4.78, 5) is 4.91. The summed E-state index contributed by atoms with van der Waals surface area (Å²) in [6.07, 6.45) is 2.73. The van der Waals surface area contributed by atoms with E-state index in [9.17, 15) is 0 Å². The number of piperidine rings is 1. The van der Waals surface area contributed by atoms with Gasteiger partial charge in [0.2, 0.25) is 0 Å². The van der Waals surface area contributed by atoms with Crippen LogP contribution in [-0.2, 0) is 4.74 Å². The van der Waals surface area contributed by atoms with E-state index in [2.05, 4.69) is 23.8 Å². The molecule has 0 saturated carbocycles. The van der Waals surface area contributed by atoms with Gasteiger partial charge in [0.05, 0.1) is 12.7 Å². The van der Waals surface area contributed by atoms with Crippen LogP contribution in [-0.4, -0.2) is 68.3 Å². The molecule has 4 nitrogen and oxygen atoms in total. The number of nitrogens with two attached hydrogens (primary N) is 1. The van der Waals surface area contributed by atoms with E-state index in [0.29, 0.717) is 18.1 Å². The van der Waals surface area contributed by atoms with Crippen LogP contribution >= 0.6 is 0 Å². The van der Waals surface area contributed by atoms with Gasteiger partial charge in [-0.05, 0) is 25.9 Å². The standard InChI is InChI=1S/C13H27N3O/c1-3-11-8-16(5-4-13(11)14)10-12-9-15(2)6-7-17-12/h11-13H,3-10,14H2,1-2H3. The summed E-state index contributed by atoms with van der Waals surface area (Å²) in [6, 6.07) is 0.409. The highest BCUT2D eigenvalue weighted by molar-refractivity contribution is 4.84. The highest BCUT2D eigenvalue weighted by Gasteiger charge is 2.28. The molecule has 0 aromatic carbocycles. The first-order valence-electron chi connectivity index (χ1n) is 6.97. The molecule has 3 unspecified atom stereocenters. The fourth-order valence-corrected chi connectivity index (χ4v) is 2.99. The second-order valence-corrected chi connectivity index (χ2v) is 5.64. The van der Waals surface area contributed by atoms with Crippen molar-refractivity contribution in [2.45, 2.75) is 31.9 Å². The fraction of sp³-hybridized carbons (Fsp3) is 1.00. The van der Waals surface area contributed by atoms with Gasteiger partial charge < -0.3 is 20.3 Å². The van der Waals surface area contributed by atoms with E-state index in [1.165, 1.54) is 6.42 Å². The van der Waals surface area contributed by atoms with Crippen molar-refractivity contribution >= 4 is 0 Å². The summed E-state index contributed by atoms with van der Waals surface area (Å²) in [7, 11) is 2.18. The Morgan fingerprint density at radius 3 is 2.82 bits per heavy atom. The van der Waals surface area contributed by atoms with Crippen molar-refractivity contribution in [2.24, 2.45) is 11.7 Å². The Kier molecular flexibility index (Phi) is 4.79. The first-order valence-corrected chi connectivity index (χ1v) is 6.97. The Balaban J connectivity index is 1.78. The quantitative estimate of drug-likeness (QED) is 0.775. The Bertz CT molecular complexity index is 237. The maximum atomic E-state index is 6.14. The lowest BCUT2D eigenvalue weighted by Crippen LogP contribution is -2.52. The Morgan fingerprint density at radius 1 is 1.29 bits per heavy atom. The normalized spacial score (nSPS) is 37.2. The number of likely N-dealkylation sites (tertiary alicyclic amines) is 1. The van der Waals surface area contributed by atoms with E-state index in [0.717, 1.165) is 45.8 Å². The third-order valence-electron chi connectivity index (χ3n) is 4.20. The van der Waals surface area contributed by atoms with E-state index in [1.54, 1.807) is 0 Å². The summed E-state index contributed by atoms with van der Waals surface area (Å²) < 4.78 is 5.83. The van der Waals surface area contributed by atoms with Gasteiger partial charge in [0.15, 0.2) is 0 Å². The molecule has 0 bridgehead atoms. The van der Waals surface area contributed by atoms with Gasteiger partial charge in [-0.15, -0.1) is 0 Å². The second kappa shape index (κ2) is 6.14. The van der Waals surface area contributed by atoms with Crippen LogP contribution in [0.3, 0.4) is 0 Å². The van der Waals surface area contributed by atoms with Crippen LogP contribution in [0.4, 0.5) is 0 Å². The Hall–Kier alpha value is -0.160. The summed E-state index contributed by atoms with van der Waals surface area (Å²) in [5.41, 5.74) is 6.14. The lowest BCUT2D eigenvalue weighted by Gasteiger charge is -2.39. The first-order chi connectivity index (χ1) is 8.19. The van der Waals surface area contributed by atoms with Gasteiger partial charge in [0.25, 0.3) is 0 Å². The molecule has 2 aliphatic rings. The van der Waals surface area contributed by atoms with Crippen molar-refractivity contribution in [2.75, 3.05) is 46.4 Å². The molecule has 0 amide bonds. The van der Waals surface area contributed by atoms with Crippen molar-refractivity contribution in [1.29, 1.82) is 0 Å². The molecule has 2 aliphatic heterocycles. The summed E-state index contributed by atoms with van der Waals surface area (Å²) >= 11 is 0. The number of likely N-dealkylation sites (N-methyl/N-ethyl adjacent to an activating group) is 1. The number of nitrogens with zero attached hydrogens (tertiary/aromatic N) is 2. The minimum atomic E-state index is 0.389. The minimum Gasteiger partial charge on any atom is -0.374 e. The van der Waals surface area contributed by atoms with Crippen LogP contribution in [0.5, 0.6) is 0 Å². The number of rotatable bonds is 3. The Morgan fingerprint density at radius 2 is 2.12 bits per heavy atom. The lowest BCUT2D eigenvalue weighted by molar-refractivity contribution is -0.0414. The zero-order valence-corrected chi connectivity index (χ0v) is 11.3. The molecule has 0 radical (unpaired) electrons. The fourth-order valence-electron chi connectivity index (χ4n) is 2.99. The van der Waals surface area contributed by atoms with Crippen LogP contribution in [0.15, 0.2) is 0 Å². The third-order valence-corrected chi connectivity index (χ3v) is 4.20. The predicted octanol–water partition coefficient (Wildman–Crippen LogP) is 0.376. The SMILES string of the molecule is CCC1CN(CC2CN(C)CCO2)CCC1N. The largest absolute Gasteiger partial charge is 0.374 e. The molecular formula is C13H27N3O. The molecule has 2 saturated heterocycles. The van der Waals surface area contributed by atoms with E-state index >= 15 is 0 Å². The number of hydrogen-bond acceptors (Lipinski definition) is 4. The number of hydrogen-bond donors (Lipinski definition) is 1. The van der Waals surface area contributed by atoms with Gasteiger partial charge in [0.1, 0.15) is 0 Å². The average molecular weight is 241 g/mol. The van der Waals surface area contributed by atoms with Gasteiger partial charge in [-0.3, -0.25) is 0 Å². The minimum absolute atomic E-state index is 0.389. The molecule has 4 heteroatoms. The van der Waals surface area contributed by atoms with Crippen molar-refractivity contribution in [3.05, 3.63) is 0 Å². The third kappa shape index (κ3) is 3.65. The first kappa shape index (κ1) is 13.3. The van der Waals surface area contributed by atoms with Crippen molar-refractivity contribution < 1.29 is 4.74 Å². The van der Waals surface area contributed by atoms with Gasteiger partial charge in [0, 0.05) is 32.2 Å². The van der Waals surface area contributed by atoms with Crippen LogP contribution < -0.4 is 5.73 Å². The molecule has 3 atom stereocenters. The maximum Gasteiger partial charge on any atom is 0.0829 e. The van der Waals surface area contributed by atoms with Crippen LogP contribution in [0.25, 0.3) is 0 Å². The van der Waals surface area contributed by atoms with Crippen molar-refractivity contribution in [1.82, 2.24) is 9.80 Å². The number of ether oxygens (including phenoxy) is 1. The molecule has 2 N–H and O–H groups in total. The van der Waals surface area contributed by atoms with E-state index in [1.807, 2.05) is 0 Å². The summed E-state index contributed by atoms with van der Waals surface area (Å²) in [5.74, 6) is 0.671. The van der Waals surface area contributed by atoms with Crippen LogP contribution in [0.2, 0.25) is 0 Å². The van der Waals surface area contributed by atoms with Gasteiger partial charge in [-0.2, -0.15) is 0 Å². The Labute approximate surface area is 105 Å². The molecule has 17 heavy (non-hydrogen) atoms. The highest BCUT2D eigenvalue weighted by Crippen LogP contribution is 2.19.